The number of nitrogens with zero attached hydrogens (tertiary/aromatic N) is 1. The van der Waals surface area contributed by atoms with Crippen LogP contribution in [0.4, 0.5) is 10.5 Å². The first-order valence-electron chi connectivity index (χ1n) is 11.0. The number of fused-ring (bicyclic) bond motifs is 3. The van der Waals surface area contributed by atoms with Crippen molar-refractivity contribution >= 4 is 34.6 Å². The summed E-state index contributed by atoms with van der Waals surface area (Å²) < 4.78 is 15.6. The number of aromatic nitrogens is 1. The van der Waals surface area contributed by atoms with Crippen LogP contribution >= 0.6 is 0 Å². The van der Waals surface area contributed by atoms with Gasteiger partial charge in [-0.1, -0.05) is 12.1 Å². The molecule has 1 aliphatic rings. The summed E-state index contributed by atoms with van der Waals surface area (Å²) in [5, 5.41) is 3.71. The number of benzene rings is 2. The van der Waals surface area contributed by atoms with E-state index in [0.29, 0.717) is 17.9 Å². The topological polar surface area (TPSA) is 110 Å². The summed E-state index contributed by atoms with van der Waals surface area (Å²) in [5.41, 5.74) is 1.45. The molecule has 9 nitrogen and oxygen atoms in total. The van der Waals surface area contributed by atoms with Crippen molar-refractivity contribution < 1.29 is 28.6 Å². The van der Waals surface area contributed by atoms with E-state index < -0.39 is 23.5 Å². The number of nitrogens with one attached hydrogen (secondary N) is 2. The van der Waals surface area contributed by atoms with Gasteiger partial charge in [0, 0.05) is 17.4 Å². The standard InChI is InChI=1S/C25H27N3O6/c1-5-34-23(30)25(2)21-16(18-14-15(32-3)10-11-20(18)26-21)12-13-28(25)24(31)27-19-9-7-6-8-17(19)22(29)33-4/h6-11,14,26H,5,12-13H2,1-4H3,(H,27,31)/t25-/m0/s1. The molecule has 1 aromatic heterocycles. The highest BCUT2D eigenvalue weighted by Gasteiger charge is 2.50. The van der Waals surface area contributed by atoms with E-state index in [-0.39, 0.29) is 24.4 Å². The third-order valence-corrected chi connectivity index (χ3v) is 6.22. The van der Waals surface area contributed by atoms with Gasteiger partial charge in [0.1, 0.15) is 5.75 Å². The summed E-state index contributed by atoms with van der Waals surface area (Å²) in [4.78, 5) is 43.7. The number of para-hydroxylation sites is 1. The second-order valence-corrected chi connectivity index (χ2v) is 8.05. The highest BCUT2D eigenvalue weighted by atomic mass is 16.5. The number of carbonyl (C=O) groups is 3. The summed E-state index contributed by atoms with van der Waals surface area (Å²) in [6.07, 6.45) is 0.517. The highest BCUT2D eigenvalue weighted by molar-refractivity contribution is 6.02. The average molecular weight is 466 g/mol. The van der Waals surface area contributed by atoms with Gasteiger partial charge in [0.25, 0.3) is 0 Å². The van der Waals surface area contributed by atoms with Crippen molar-refractivity contribution in [3.63, 3.8) is 0 Å². The molecular formula is C25H27N3O6. The lowest BCUT2D eigenvalue weighted by Crippen LogP contribution is -2.58. The van der Waals surface area contributed by atoms with E-state index >= 15 is 0 Å². The molecule has 2 N–H and O–H groups in total. The Bertz CT molecular complexity index is 1270. The van der Waals surface area contributed by atoms with E-state index in [1.54, 1.807) is 45.2 Å². The molecule has 3 aromatic rings. The van der Waals surface area contributed by atoms with Gasteiger partial charge in [0.2, 0.25) is 0 Å². The van der Waals surface area contributed by atoms with Crippen molar-refractivity contribution in [3.8, 4) is 5.75 Å². The lowest BCUT2D eigenvalue weighted by atomic mass is 9.86. The SMILES string of the molecule is CCOC(=O)[C@]1(C)c2[nH]c3ccc(OC)cc3c2CCN1C(=O)Nc1ccccc1C(=O)OC. The average Bonchev–Trinajstić information content (AvgIpc) is 3.23. The third-order valence-electron chi connectivity index (χ3n) is 6.22. The summed E-state index contributed by atoms with van der Waals surface area (Å²) in [5.74, 6) is -0.424. The Morgan fingerprint density at radius 1 is 1.15 bits per heavy atom. The van der Waals surface area contributed by atoms with Gasteiger partial charge in [-0.15, -0.1) is 0 Å². The Labute approximate surface area is 197 Å². The molecule has 2 heterocycles. The molecule has 2 amide bonds. The van der Waals surface area contributed by atoms with Crippen LogP contribution in [-0.2, 0) is 26.2 Å². The van der Waals surface area contributed by atoms with Crippen molar-refractivity contribution in [2.75, 3.05) is 32.7 Å². The minimum absolute atomic E-state index is 0.165. The normalized spacial score (nSPS) is 17.1. The van der Waals surface area contributed by atoms with Crippen LogP contribution in [0.5, 0.6) is 5.75 Å². The molecule has 0 radical (unpaired) electrons. The zero-order chi connectivity index (χ0) is 24.5. The third kappa shape index (κ3) is 3.72. The molecule has 0 bridgehead atoms. The van der Waals surface area contributed by atoms with E-state index in [1.807, 2.05) is 18.2 Å². The van der Waals surface area contributed by atoms with Crippen LogP contribution in [0.15, 0.2) is 42.5 Å². The number of esters is 2. The summed E-state index contributed by atoms with van der Waals surface area (Å²) in [6, 6.07) is 11.6. The number of hydrogen-bond donors (Lipinski definition) is 2. The maximum Gasteiger partial charge on any atom is 0.339 e. The van der Waals surface area contributed by atoms with E-state index in [1.165, 1.54) is 12.0 Å². The van der Waals surface area contributed by atoms with Crippen molar-refractivity contribution in [2.45, 2.75) is 25.8 Å². The number of ether oxygens (including phenoxy) is 3. The summed E-state index contributed by atoms with van der Waals surface area (Å²) in [7, 11) is 2.87. The molecule has 0 saturated carbocycles. The van der Waals surface area contributed by atoms with Gasteiger partial charge >= 0.3 is 18.0 Å². The Kier molecular flexibility index (Phi) is 6.19. The van der Waals surface area contributed by atoms with Crippen LogP contribution in [0.25, 0.3) is 10.9 Å². The molecule has 0 spiro atoms. The first-order valence-corrected chi connectivity index (χ1v) is 11.0. The molecule has 178 valence electrons. The first-order chi connectivity index (χ1) is 16.3. The Morgan fingerprint density at radius 3 is 2.62 bits per heavy atom. The largest absolute Gasteiger partial charge is 0.497 e. The molecule has 1 aliphatic heterocycles. The molecule has 9 heteroatoms. The zero-order valence-corrected chi connectivity index (χ0v) is 19.6. The molecule has 4 rings (SSSR count). The monoisotopic (exact) mass is 465 g/mol. The number of urea groups is 1. The lowest BCUT2D eigenvalue weighted by molar-refractivity contribution is -0.156. The number of rotatable bonds is 5. The Balaban J connectivity index is 1.77. The molecule has 0 fully saturated rings. The molecule has 2 aromatic carbocycles. The van der Waals surface area contributed by atoms with Crippen molar-refractivity contribution in [1.29, 1.82) is 0 Å². The fraction of sp³-hybridized carbons (Fsp3) is 0.320. The fourth-order valence-corrected chi connectivity index (χ4v) is 4.46. The quantitative estimate of drug-likeness (QED) is 0.554. The Morgan fingerprint density at radius 2 is 1.91 bits per heavy atom. The number of anilines is 1. The van der Waals surface area contributed by atoms with Crippen LogP contribution in [0.3, 0.4) is 0 Å². The number of amides is 2. The summed E-state index contributed by atoms with van der Waals surface area (Å²) in [6.45, 7) is 3.82. The van der Waals surface area contributed by atoms with Crippen molar-refractivity contribution in [1.82, 2.24) is 9.88 Å². The molecule has 0 saturated heterocycles. The smallest absolute Gasteiger partial charge is 0.339 e. The minimum Gasteiger partial charge on any atom is -0.497 e. The second-order valence-electron chi connectivity index (χ2n) is 8.05. The van der Waals surface area contributed by atoms with Gasteiger partial charge in [-0.2, -0.15) is 0 Å². The van der Waals surface area contributed by atoms with E-state index in [4.69, 9.17) is 14.2 Å². The van der Waals surface area contributed by atoms with Crippen LogP contribution in [0.2, 0.25) is 0 Å². The van der Waals surface area contributed by atoms with Gasteiger partial charge in [-0.05, 0) is 56.2 Å². The van der Waals surface area contributed by atoms with E-state index in [9.17, 15) is 14.4 Å². The highest BCUT2D eigenvalue weighted by Crippen LogP contribution is 2.41. The zero-order valence-electron chi connectivity index (χ0n) is 19.6. The van der Waals surface area contributed by atoms with Crippen LogP contribution in [0.1, 0.15) is 35.5 Å². The number of aromatic amines is 1. The molecular weight excluding hydrogens is 438 g/mol. The van der Waals surface area contributed by atoms with Crippen molar-refractivity contribution in [3.05, 3.63) is 59.3 Å². The summed E-state index contributed by atoms with van der Waals surface area (Å²) >= 11 is 0. The maximum absolute atomic E-state index is 13.5. The predicted octanol–water partition coefficient (Wildman–Crippen LogP) is 3.83. The van der Waals surface area contributed by atoms with Gasteiger partial charge in [0.15, 0.2) is 5.54 Å². The van der Waals surface area contributed by atoms with Crippen molar-refractivity contribution in [2.24, 2.45) is 0 Å². The number of carbonyl (C=O) groups excluding carboxylic acids is 3. The van der Waals surface area contributed by atoms with Gasteiger partial charge in [-0.3, -0.25) is 0 Å². The van der Waals surface area contributed by atoms with Gasteiger partial charge in [0.05, 0.1) is 37.8 Å². The lowest BCUT2D eigenvalue weighted by Gasteiger charge is -2.42. The number of H-pyrrole nitrogens is 1. The van der Waals surface area contributed by atoms with Gasteiger partial charge < -0.3 is 29.4 Å². The van der Waals surface area contributed by atoms with E-state index in [2.05, 4.69) is 10.3 Å². The fourth-order valence-electron chi connectivity index (χ4n) is 4.46. The Hall–Kier alpha value is -4.01. The minimum atomic E-state index is -1.42. The molecule has 0 aliphatic carbocycles. The van der Waals surface area contributed by atoms with Crippen LogP contribution in [-0.4, -0.2) is 55.2 Å². The number of methoxy groups -OCH3 is 2. The second kappa shape index (κ2) is 9.09. The van der Waals surface area contributed by atoms with Gasteiger partial charge in [-0.25, -0.2) is 14.4 Å². The maximum atomic E-state index is 13.5. The van der Waals surface area contributed by atoms with Crippen LogP contribution in [0, 0.1) is 0 Å². The molecule has 1 atom stereocenters. The van der Waals surface area contributed by atoms with E-state index in [0.717, 1.165) is 16.5 Å². The number of hydrogen-bond acceptors (Lipinski definition) is 6. The molecule has 34 heavy (non-hydrogen) atoms. The first kappa shape index (κ1) is 23.2. The van der Waals surface area contributed by atoms with Crippen LogP contribution < -0.4 is 10.1 Å². The predicted molar refractivity (Wildman–Crippen MR) is 126 cm³/mol. The molecule has 0 unspecified atom stereocenters.